The number of hydrogen-bond acceptors (Lipinski definition) is 3. The monoisotopic (exact) mass is 388 g/mol. The molecule has 0 aromatic heterocycles. The van der Waals surface area contributed by atoms with Crippen molar-refractivity contribution in [2.24, 2.45) is 11.1 Å². The number of ether oxygens (including phenoxy) is 1. The van der Waals surface area contributed by atoms with E-state index < -0.39 is 5.41 Å². The number of carbonyl (C=O) groups is 1. The van der Waals surface area contributed by atoms with Gasteiger partial charge < -0.3 is 15.4 Å². The molecule has 2 saturated heterocycles. The van der Waals surface area contributed by atoms with Gasteiger partial charge in [0.05, 0.1) is 5.41 Å². The number of benzene rings is 2. The summed E-state index contributed by atoms with van der Waals surface area (Å²) in [5, 5.41) is 2.65. The Morgan fingerprint density at radius 1 is 1.07 bits per heavy atom. The van der Waals surface area contributed by atoms with Crippen molar-refractivity contribution in [1.82, 2.24) is 4.90 Å². The van der Waals surface area contributed by atoms with Crippen LogP contribution >= 0.6 is 12.4 Å². The number of halogens is 1. The van der Waals surface area contributed by atoms with Crippen molar-refractivity contribution in [2.75, 3.05) is 32.8 Å². The number of hydrogen-bond donors (Lipinski definition) is 1. The van der Waals surface area contributed by atoms with E-state index in [4.69, 9.17) is 10.5 Å². The molecule has 4 nitrogen and oxygen atoms in total. The Hall–Kier alpha value is -1.62. The molecule has 2 fully saturated rings. The molecular formula is C22H29ClN2O2. The van der Waals surface area contributed by atoms with Crippen LogP contribution in [0.15, 0.2) is 42.5 Å². The fourth-order valence-electron chi connectivity index (χ4n) is 4.60. The summed E-state index contributed by atoms with van der Waals surface area (Å²) in [5.41, 5.74) is 7.05. The second kappa shape index (κ2) is 8.59. The van der Waals surface area contributed by atoms with E-state index in [1.165, 1.54) is 16.3 Å². The number of nitrogens with zero attached hydrogens (tertiary/aromatic N) is 1. The third-order valence-corrected chi connectivity index (χ3v) is 6.34. The summed E-state index contributed by atoms with van der Waals surface area (Å²) in [6.07, 6.45) is 3.56. The highest BCUT2D eigenvalue weighted by atomic mass is 35.5. The minimum atomic E-state index is -0.398. The number of amides is 1. The summed E-state index contributed by atoms with van der Waals surface area (Å²) in [7, 11) is 0. The molecule has 4 rings (SSSR count). The van der Waals surface area contributed by atoms with Crippen molar-refractivity contribution in [3.63, 3.8) is 0 Å². The van der Waals surface area contributed by atoms with E-state index in [0.29, 0.717) is 25.7 Å². The van der Waals surface area contributed by atoms with Gasteiger partial charge in [0.1, 0.15) is 0 Å². The highest BCUT2D eigenvalue weighted by Crippen LogP contribution is 2.36. The van der Waals surface area contributed by atoms with Gasteiger partial charge in [-0.15, -0.1) is 12.4 Å². The normalized spacial score (nSPS) is 20.3. The Balaban J connectivity index is 0.00000210. The minimum Gasteiger partial charge on any atom is -0.381 e. The number of fused-ring (bicyclic) bond motifs is 1. The third kappa shape index (κ3) is 3.84. The van der Waals surface area contributed by atoms with Crippen molar-refractivity contribution in [2.45, 2.75) is 31.6 Å². The Bertz CT molecular complexity index is 775. The van der Waals surface area contributed by atoms with Crippen molar-refractivity contribution < 1.29 is 9.53 Å². The van der Waals surface area contributed by atoms with E-state index in [9.17, 15) is 4.79 Å². The van der Waals surface area contributed by atoms with Gasteiger partial charge >= 0.3 is 0 Å². The minimum absolute atomic E-state index is 0. The molecule has 2 aromatic carbocycles. The maximum atomic E-state index is 13.2. The zero-order chi connectivity index (χ0) is 18.0. The van der Waals surface area contributed by atoms with Gasteiger partial charge in [-0.25, -0.2) is 0 Å². The SMILES string of the molecule is Cl.NCC1(C(=O)N2CCC(c3cccc4ccccc34)CC2)CCOCC1. The first-order valence-corrected chi connectivity index (χ1v) is 9.78. The molecule has 0 saturated carbocycles. The summed E-state index contributed by atoms with van der Waals surface area (Å²) in [6, 6.07) is 15.2. The number of carbonyl (C=O) groups excluding carboxylic acids is 1. The van der Waals surface area contributed by atoms with Gasteiger partial charge in [-0.1, -0.05) is 42.5 Å². The first-order chi connectivity index (χ1) is 12.7. The van der Waals surface area contributed by atoms with Crippen LogP contribution < -0.4 is 5.73 Å². The molecule has 2 N–H and O–H groups in total. The van der Waals surface area contributed by atoms with Crippen molar-refractivity contribution in [3.05, 3.63) is 48.0 Å². The molecule has 2 aliphatic rings. The predicted molar refractivity (Wildman–Crippen MR) is 111 cm³/mol. The fourth-order valence-corrected chi connectivity index (χ4v) is 4.60. The van der Waals surface area contributed by atoms with E-state index >= 15 is 0 Å². The number of piperidine rings is 1. The molecule has 0 radical (unpaired) electrons. The number of nitrogens with two attached hydrogens (primary N) is 1. The second-order valence-electron chi connectivity index (χ2n) is 7.73. The molecule has 0 aliphatic carbocycles. The highest BCUT2D eigenvalue weighted by Gasteiger charge is 2.42. The van der Waals surface area contributed by atoms with Gasteiger partial charge in [-0.3, -0.25) is 4.79 Å². The van der Waals surface area contributed by atoms with E-state index in [1.807, 2.05) is 0 Å². The van der Waals surface area contributed by atoms with Gasteiger partial charge in [0, 0.05) is 32.8 Å². The highest BCUT2D eigenvalue weighted by molar-refractivity contribution is 5.86. The number of likely N-dealkylation sites (tertiary alicyclic amines) is 1. The van der Waals surface area contributed by atoms with E-state index in [2.05, 4.69) is 47.4 Å². The van der Waals surface area contributed by atoms with Crippen LogP contribution in [0.4, 0.5) is 0 Å². The molecule has 27 heavy (non-hydrogen) atoms. The van der Waals surface area contributed by atoms with E-state index in [-0.39, 0.29) is 18.3 Å². The molecule has 1 amide bonds. The Kier molecular flexibility index (Phi) is 6.40. The average molecular weight is 389 g/mol. The zero-order valence-electron chi connectivity index (χ0n) is 15.7. The summed E-state index contributed by atoms with van der Waals surface area (Å²) >= 11 is 0. The van der Waals surface area contributed by atoms with Gasteiger partial charge in [0.2, 0.25) is 5.91 Å². The summed E-state index contributed by atoms with van der Waals surface area (Å²) in [6.45, 7) is 3.38. The molecule has 146 valence electrons. The standard InChI is InChI=1S/C22H28N2O2.ClH/c23-16-22(10-14-26-15-11-22)21(25)24-12-8-18(9-13-24)20-7-3-5-17-4-1-2-6-19(17)20;/h1-7,18H,8-16,23H2;1H. The molecule has 0 atom stereocenters. The molecule has 5 heteroatoms. The lowest BCUT2D eigenvalue weighted by molar-refractivity contribution is -0.148. The van der Waals surface area contributed by atoms with Crippen LogP contribution in [-0.4, -0.2) is 43.7 Å². The summed E-state index contributed by atoms with van der Waals surface area (Å²) in [5.74, 6) is 0.772. The Labute approximate surface area is 167 Å². The van der Waals surface area contributed by atoms with Crippen molar-refractivity contribution in [3.8, 4) is 0 Å². The largest absolute Gasteiger partial charge is 0.381 e. The van der Waals surface area contributed by atoms with Crippen LogP contribution in [0, 0.1) is 5.41 Å². The van der Waals surface area contributed by atoms with Crippen molar-refractivity contribution in [1.29, 1.82) is 0 Å². The summed E-state index contributed by atoms with van der Waals surface area (Å²) < 4.78 is 5.45. The maximum Gasteiger partial charge on any atom is 0.230 e. The lowest BCUT2D eigenvalue weighted by Gasteiger charge is -2.41. The smallest absolute Gasteiger partial charge is 0.230 e. The predicted octanol–water partition coefficient (Wildman–Crippen LogP) is 3.72. The molecule has 0 bridgehead atoms. The van der Waals surface area contributed by atoms with Gasteiger partial charge in [0.15, 0.2) is 0 Å². The van der Waals surface area contributed by atoms with Crippen LogP contribution in [0.5, 0.6) is 0 Å². The first-order valence-electron chi connectivity index (χ1n) is 9.78. The molecule has 2 aromatic rings. The quantitative estimate of drug-likeness (QED) is 0.871. The summed E-state index contributed by atoms with van der Waals surface area (Å²) in [4.78, 5) is 15.2. The fraction of sp³-hybridized carbons (Fsp3) is 0.500. The van der Waals surface area contributed by atoms with Crippen LogP contribution in [0.1, 0.15) is 37.2 Å². The molecule has 0 unspecified atom stereocenters. The molecular weight excluding hydrogens is 360 g/mol. The van der Waals surface area contributed by atoms with Crippen LogP contribution in [0.2, 0.25) is 0 Å². The zero-order valence-corrected chi connectivity index (χ0v) is 16.5. The topological polar surface area (TPSA) is 55.6 Å². The first kappa shape index (κ1) is 20.1. The molecule has 2 heterocycles. The van der Waals surface area contributed by atoms with E-state index in [0.717, 1.165) is 38.8 Å². The lowest BCUT2D eigenvalue weighted by Crippen LogP contribution is -2.52. The van der Waals surface area contributed by atoms with Crippen LogP contribution in [-0.2, 0) is 9.53 Å². The Morgan fingerprint density at radius 2 is 1.74 bits per heavy atom. The Morgan fingerprint density at radius 3 is 2.44 bits per heavy atom. The molecule has 2 aliphatic heterocycles. The van der Waals surface area contributed by atoms with Gasteiger partial charge in [-0.05, 0) is 47.9 Å². The number of rotatable bonds is 3. The van der Waals surface area contributed by atoms with Crippen LogP contribution in [0.25, 0.3) is 10.8 Å². The third-order valence-electron chi connectivity index (χ3n) is 6.34. The second-order valence-corrected chi connectivity index (χ2v) is 7.73. The van der Waals surface area contributed by atoms with E-state index in [1.54, 1.807) is 0 Å². The average Bonchev–Trinajstić information content (AvgIpc) is 2.73. The van der Waals surface area contributed by atoms with Gasteiger partial charge in [-0.2, -0.15) is 0 Å². The molecule has 0 spiro atoms. The van der Waals surface area contributed by atoms with Gasteiger partial charge in [0.25, 0.3) is 0 Å². The van der Waals surface area contributed by atoms with Crippen LogP contribution in [0.3, 0.4) is 0 Å². The lowest BCUT2D eigenvalue weighted by atomic mass is 9.78. The maximum absolute atomic E-state index is 13.2. The van der Waals surface area contributed by atoms with Crippen molar-refractivity contribution >= 4 is 29.1 Å².